The summed E-state index contributed by atoms with van der Waals surface area (Å²) in [6, 6.07) is 16.9. The van der Waals surface area contributed by atoms with Crippen LogP contribution in [0, 0.1) is 0 Å². The highest BCUT2D eigenvalue weighted by Gasteiger charge is 2.11. The smallest absolute Gasteiger partial charge is 0.335 e. The molecule has 0 bridgehead atoms. The molecule has 2 aromatic rings. The predicted octanol–water partition coefficient (Wildman–Crippen LogP) is 3.41. The van der Waals surface area contributed by atoms with Crippen molar-refractivity contribution in [3.8, 4) is 0 Å². The Balaban J connectivity index is 1.76. The Bertz CT molecular complexity index is 682. The molecule has 126 valence electrons. The number of nitrogens with zero attached hydrogens (tertiary/aromatic N) is 1. The maximum atomic E-state index is 12.2. The molecule has 4 nitrogen and oxygen atoms in total. The molecule has 2 aromatic carbocycles. The maximum absolute atomic E-state index is 12.2. The minimum Gasteiger partial charge on any atom is -0.478 e. The molecule has 0 saturated carbocycles. The van der Waals surface area contributed by atoms with Crippen LogP contribution in [0.4, 0.5) is 0 Å². The van der Waals surface area contributed by atoms with Crippen LogP contribution < -0.4 is 0 Å². The minimum atomic E-state index is -0.974. The van der Waals surface area contributed by atoms with E-state index < -0.39 is 5.97 Å². The van der Waals surface area contributed by atoms with Gasteiger partial charge >= 0.3 is 5.97 Å². The number of benzene rings is 2. The molecule has 4 heteroatoms. The molecule has 0 radical (unpaired) electrons. The molecule has 0 aromatic heterocycles. The number of aryl methyl sites for hydroxylation is 1. The lowest BCUT2D eigenvalue weighted by atomic mass is 10.1. The monoisotopic (exact) mass is 325 g/mol. The Morgan fingerprint density at radius 3 is 2.38 bits per heavy atom. The number of carboxylic acids is 1. The number of likely N-dealkylation sites (N-methyl/N-ethyl adjacent to an activating group) is 1. The highest BCUT2D eigenvalue weighted by Crippen LogP contribution is 2.09. The van der Waals surface area contributed by atoms with E-state index >= 15 is 0 Å². The van der Waals surface area contributed by atoms with Gasteiger partial charge in [0.1, 0.15) is 0 Å². The van der Waals surface area contributed by atoms with Gasteiger partial charge in [-0.25, -0.2) is 4.79 Å². The Hall–Kier alpha value is -2.62. The van der Waals surface area contributed by atoms with Crippen molar-refractivity contribution in [2.24, 2.45) is 0 Å². The van der Waals surface area contributed by atoms with Crippen LogP contribution in [0.1, 0.15) is 34.3 Å². The topological polar surface area (TPSA) is 57.6 Å². The van der Waals surface area contributed by atoms with Crippen LogP contribution in [0.5, 0.6) is 0 Å². The first-order valence-corrected chi connectivity index (χ1v) is 8.16. The van der Waals surface area contributed by atoms with Gasteiger partial charge in [0.15, 0.2) is 0 Å². The fraction of sp³-hybridized carbons (Fsp3) is 0.300. The lowest BCUT2D eigenvalue weighted by Gasteiger charge is -2.17. The predicted molar refractivity (Wildman–Crippen MR) is 94.1 cm³/mol. The van der Waals surface area contributed by atoms with E-state index in [0.717, 1.165) is 24.8 Å². The zero-order chi connectivity index (χ0) is 17.4. The average Bonchev–Trinajstić information content (AvgIpc) is 2.59. The number of carboxylic acid groups (broad SMARTS) is 1. The summed E-state index contributed by atoms with van der Waals surface area (Å²) in [5.41, 5.74) is 2.26. The van der Waals surface area contributed by atoms with E-state index in [0.29, 0.717) is 6.54 Å². The molecule has 1 amide bonds. The molecule has 0 unspecified atom stereocenters. The summed E-state index contributed by atoms with van der Waals surface area (Å²) < 4.78 is 0. The molecular weight excluding hydrogens is 302 g/mol. The van der Waals surface area contributed by atoms with Gasteiger partial charge in [0, 0.05) is 13.6 Å². The van der Waals surface area contributed by atoms with Crippen LogP contribution >= 0.6 is 0 Å². The first kappa shape index (κ1) is 17.7. The van der Waals surface area contributed by atoms with Crippen molar-refractivity contribution in [3.63, 3.8) is 0 Å². The van der Waals surface area contributed by atoms with Crippen LogP contribution in [0.25, 0.3) is 0 Å². The molecule has 2 rings (SSSR count). The highest BCUT2D eigenvalue weighted by molar-refractivity contribution is 5.88. The zero-order valence-corrected chi connectivity index (χ0v) is 13.9. The van der Waals surface area contributed by atoms with Crippen molar-refractivity contribution in [3.05, 3.63) is 71.3 Å². The van der Waals surface area contributed by atoms with Gasteiger partial charge in [-0.2, -0.15) is 0 Å². The van der Waals surface area contributed by atoms with Crippen molar-refractivity contribution in [1.82, 2.24) is 4.90 Å². The zero-order valence-electron chi connectivity index (χ0n) is 13.9. The number of aromatic carboxylic acids is 1. The van der Waals surface area contributed by atoms with Crippen molar-refractivity contribution in [2.75, 3.05) is 13.6 Å². The van der Waals surface area contributed by atoms with E-state index in [1.807, 2.05) is 18.2 Å². The molecule has 0 atom stereocenters. The number of amides is 1. The number of carbonyl (C=O) groups is 2. The Morgan fingerprint density at radius 1 is 0.958 bits per heavy atom. The molecule has 0 aliphatic carbocycles. The molecule has 0 fully saturated rings. The summed E-state index contributed by atoms with van der Waals surface area (Å²) >= 11 is 0. The third-order valence-electron chi connectivity index (χ3n) is 4.01. The van der Waals surface area contributed by atoms with E-state index in [4.69, 9.17) is 5.11 Å². The first-order chi connectivity index (χ1) is 11.6. The molecular formula is C20H23NO3. The van der Waals surface area contributed by atoms with Gasteiger partial charge in [0.05, 0.1) is 12.0 Å². The SMILES string of the molecule is CN(CCCCc1ccccc1)C(=O)Cc1cccc(C(=O)O)c1. The number of hydrogen-bond acceptors (Lipinski definition) is 2. The number of rotatable bonds is 8. The van der Waals surface area contributed by atoms with E-state index in [1.165, 1.54) is 11.6 Å². The van der Waals surface area contributed by atoms with Gasteiger partial charge in [-0.1, -0.05) is 42.5 Å². The van der Waals surface area contributed by atoms with Crippen LogP contribution in [-0.2, 0) is 17.6 Å². The van der Waals surface area contributed by atoms with Gasteiger partial charge in [0.25, 0.3) is 0 Å². The van der Waals surface area contributed by atoms with Crippen LogP contribution in [0.3, 0.4) is 0 Å². The lowest BCUT2D eigenvalue weighted by Crippen LogP contribution is -2.29. The quantitative estimate of drug-likeness (QED) is 0.757. The molecule has 0 spiro atoms. The second-order valence-corrected chi connectivity index (χ2v) is 5.94. The summed E-state index contributed by atoms with van der Waals surface area (Å²) in [6.07, 6.45) is 3.24. The first-order valence-electron chi connectivity index (χ1n) is 8.16. The summed E-state index contributed by atoms with van der Waals surface area (Å²) in [5, 5.41) is 8.99. The molecule has 24 heavy (non-hydrogen) atoms. The van der Waals surface area contributed by atoms with Crippen molar-refractivity contribution < 1.29 is 14.7 Å². The Morgan fingerprint density at radius 2 is 1.67 bits per heavy atom. The number of hydrogen-bond donors (Lipinski definition) is 1. The van der Waals surface area contributed by atoms with Crippen LogP contribution in [0.15, 0.2) is 54.6 Å². The van der Waals surface area contributed by atoms with Crippen molar-refractivity contribution in [1.29, 1.82) is 0 Å². The van der Waals surface area contributed by atoms with E-state index in [2.05, 4.69) is 12.1 Å². The average molecular weight is 325 g/mol. The standard InChI is InChI=1S/C20H23NO3/c1-21(13-6-5-10-16-8-3-2-4-9-16)19(22)15-17-11-7-12-18(14-17)20(23)24/h2-4,7-9,11-12,14H,5-6,10,13,15H2,1H3,(H,23,24). The van der Waals surface area contributed by atoms with E-state index in [9.17, 15) is 9.59 Å². The van der Waals surface area contributed by atoms with Crippen molar-refractivity contribution in [2.45, 2.75) is 25.7 Å². The third-order valence-corrected chi connectivity index (χ3v) is 4.01. The molecule has 0 heterocycles. The van der Waals surface area contributed by atoms with Gasteiger partial charge < -0.3 is 10.0 Å². The largest absolute Gasteiger partial charge is 0.478 e. The van der Waals surface area contributed by atoms with Crippen LogP contribution in [0.2, 0.25) is 0 Å². The van der Waals surface area contributed by atoms with Gasteiger partial charge in [-0.3, -0.25) is 4.79 Å². The summed E-state index contributed by atoms with van der Waals surface area (Å²) in [4.78, 5) is 24.9. The summed E-state index contributed by atoms with van der Waals surface area (Å²) in [5.74, 6) is -0.962. The second-order valence-electron chi connectivity index (χ2n) is 5.94. The second kappa shape index (κ2) is 8.87. The fourth-order valence-electron chi connectivity index (χ4n) is 2.57. The van der Waals surface area contributed by atoms with Gasteiger partial charge in [0.2, 0.25) is 5.91 Å². The summed E-state index contributed by atoms with van der Waals surface area (Å²) in [6.45, 7) is 0.713. The fourth-order valence-corrected chi connectivity index (χ4v) is 2.57. The van der Waals surface area contributed by atoms with E-state index in [1.54, 1.807) is 30.1 Å². The minimum absolute atomic E-state index is 0.0113. The number of carbonyl (C=O) groups excluding carboxylic acids is 1. The Kier molecular flexibility index (Phi) is 6.55. The summed E-state index contributed by atoms with van der Waals surface area (Å²) in [7, 11) is 1.80. The normalized spacial score (nSPS) is 10.4. The van der Waals surface area contributed by atoms with Crippen molar-refractivity contribution >= 4 is 11.9 Å². The van der Waals surface area contributed by atoms with Gasteiger partial charge in [-0.05, 0) is 42.5 Å². The molecule has 0 aliphatic rings. The molecule has 0 aliphatic heterocycles. The van der Waals surface area contributed by atoms with Gasteiger partial charge in [-0.15, -0.1) is 0 Å². The van der Waals surface area contributed by atoms with E-state index in [-0.39, 0.29) is 17.9 Å². The lowest BCUT2D eigenvalue weighted by molar-refractivity contribution is -0.129. The van der Waals surface area contributed by atoms with Crippen LogP contribution in [-0.4, -0.2) is 35.5 Å². The number of unbranched alkanes of at least 4 members (excludes halogenated alkanes) is 1. The highest BCUT2D eigenvalue weighted by atomic mass is 16.4. The molecule has 0 saturated heterocycles. The third kappa shape index (κ3) is 5.54. The maximum Gasteiger partial charge on any atom is 0.335 e. The Labute approximate surface area is 142 Å². The molecule has 1 N–H and O–H groups in total.